The summed E-state index contributed by atoms with van der Waals surface area (Å²) in [6.45, 7) is 4.32. The highest BCUT2D eigenvalue weighted by Crippen LogP contribution is 2.49. The van der Waals surface area contributed by atoms with Crippen molar-refractivity contribution in [3.63, 3.8) is 0 Å². The van der Waals surface area contributed by atoms with Crippen LogP contribution in [-0.2, 0) is 19.0 Å². The zero-order valence-corrected chi connectivity index (χ0v) is 8.12. The average molecular weight is 186 g/mol. The summed E-state index contributed by atoms with van der Waals surface area (Å²) in [6, 6.07) is 0. The summed E-state index contributed by atoms with van der Waals surface area (Å²) >= 11 is 0. The molecule has 2 bridgehead atoms. The molecule has 0 amide bonds. The van der Waals surface area contributed by atoms with Crippen molar-refractivity contribution in [1.82, 2.24) is 0 Å². The second kappa shape index (κ2) is 2.45. The van der Waals surface area contributed by atoms with Gasteiger partial charge in [0, 0.05) is 0 Å². The van der Waals surface area contributed by atoms with Gasteiger partial charge in [-0.05, 0) is 20.3 Å². The topological polar surface area (TPSA) is 44.8 Å². The largest absolute Gasteiger partial charge is 0.469 e. The molecule has 13 heavy (non-hydrogen) atoms. The summed E-state index contributed by atoms with van der Waals surface area (Å²) in [5.74, 6) is -1.29. The van der Waals surface area contributed by atoms with Gasteiger partial charge in [0.1, 0.15) is 5.92 Å². The maximum absolute atomic E-state index is 11.4. The van der Waals surface area contributed by atoms with Gasteiger partial charge in [0.15, 0.2) is 5.79 Å². The molecule has 0 unspecified atom stereocenters. The normalized spacial score (nSPS) is 48.1. The van der Waals surface area contributed by atoms with Gasteiger partial charge < -0.3 is 14.2 Å². The van der Waals surface area contributed by atoms with Crippen LogP contribution in [0.4, 0.5) is 0 Å². The Hall–Kier alpha value is -0.610. The van der Waals surface area contributed by atoms with E-state index in [9.17, 15) is 4.79 Å². The van der Waals surface area contributed by atoms with E-state index >= 15 is 0 Å². The van der Waals surface area contributed by atoms with E-state index in [1.54, 1.807) is 6.92 Å². The van der Waals surface area contributed by atoms with Crippen molar-refractivity contribution in [3.8, 4) is 0 Å². The molecule has 2 aliphatic heterocycles. The van der Waals surface area contributed by atoms with Crippen LogP contribution in [0.3, 0.4) is 0 Å². The summed E-state index contributed by atoms with van der Waals surface area (Å²) in [6.07, 6.45) is 0.691. The first-order chi connectivity index (χ1) is 5.99. The predicted molar refractivity (Wildman–Crippen MR) is 44.0 cm³/mol. The van der Waals surface area contributed by atoms with Crippen LogP contribution in [0, 0.1) is 5.92 Å². The Labute approximate surface area is 77.1 Å². The van der Waals surface area contributed by atoms with Crippen LogP contribution in [0.15, 0.2) is 0 Å². The minimum atomic E-state index is -0.762. The van der Waals surface area contributed by atoms with Crippen LogP contribution >= 0.6 is 0 Å². The quantitative estimate of drug-likeness (QED) is 0.565. The van der Waals surface area contributed by atoms with Crippen molar-refractivity contribution >= 4 is 5.97 Å². The van der Waals surface area contributed by atoms with Gasteiger partial charge in [-0.3, -0.25) is 4.79 Å². The Morgan fingerprint density at radius 3 is 2.62 bits per heavy atom. The molecule has 74 valence electrons. The summed E-state index contributed by atoms with van der Waals surface area (Å²) < 4.78 is 15.8. The van der Waals surface area contributed by atoms with E-state index in [0.717, 1.165) is 0 Å². The highest BCUT2D eigenvalue weighted by atomic mass is 16.8. The molecule has 2 rings (SSSR count). The predicted octanol–water partition coefficient (Wildman–Crippen LogP) is 0.701. The fourth-order valence-electron chi connectivity index (χ4n) is 2.17. The van der Waals surface area contributed by atoms with Gasteiger partial charge in [-0.2, -0.15) is 0 Å². The third kappa shape index (κ3) is 1.16. The lowest BCUT2D eigenvalue weighted by Gasteiger charge is -2.26. The number of methoxy groups -OCH3 is 1. The van der Waals surface area contributed by atoms with Gasteiger partial charge in [-0.25, -0.2) is 0 Å². The molecule has 0 N–H and O–H groups in total. The number of fused-ring (bicyclic) bond motifs is 2. The standard InChI is InChI=1S/C9H14O4/c1-8-4-6(7(10)11-3)9(2,13-8)12-5-8/h6H,4-5H2,1-3H3/t6-,8+,9-/m0/s1. The fraction of sp³-hybridized carbons (Fsp3) is 0.889. The lowest BCUT2D eigenvalue weighted by molar-refractivity contribution is -0.185. The number of hydrogen-bond donors (Lipinski definition) is 0. The highest BCUT2D eigenvalue weighted by molar-refractivity contribution is 5.74. The summed E-state index contributed by atoms with van der Waals surface area (Å²) in [4.78, 5) is 11.4. The molecule has 0 aromatic rings. The Bertz CT molecular complexity index is 252. The maximum Gasteiger partial charge on any atom is 0.314 e. The zero-order valence-electron chi connectivity index (χ0n) is 8.12. The molecule has 2 fully saturated rings. The number of esters is 1. The summed E-state index contributed by atoms with van der Waals surface area (Å²) in [5, 5.41) is 0. The number of ether oxygens (including phenoxy) is 3. The highest BCUT2D eigenvalue weighted by Gasteiger charge is 2.61. The SMILES string of the molecule is COC(=O)[C@@H]1C[C@]2(C)CO[C@@]1(C)O2. The molecule has 0 saturated carbocycles. The fourth-order valence-corrected chi connectivity index (χ4v) is 2.17. The molecule has 2 heterocycles. The molecule has 4 nitrogen and oxygen atoms in total. The van der Waals surface area contributed by atoms with Gasteiger partial charge >= 0.3 is 5.97 Å². The smallest absolute Gasteiger partial charge is 0.314 e. The van der Waals surface area contributed by atoms with Gasteiger partial charge in [-0.15, -0.1) is 0 Å². The van der Waals surface area contributed by atoms with Crippen LogP contribution < -0.4 is 0 Å². The molecule has 0 spiro atoms. The molecule has 2 saturated heterocycles. The van der Waals surface area contributed by atoms with E-state index < -0.39 is 5.79 Å². The summed E-state index contributed by atoms with van der Waals surface area (Å²) in [5.41, 5.74) is -0.298. The first kappa shape index (κ1) is 8.97. The van der Waals surface area contributed by atoms with Crippen molar-refractivity contribution in [3.05, 3.63) is 0 Å². The molecule has 2 aliphatic rings. The minimum absolute atomic E-state index is 0.245. The molecule has 4 heteroatoms. The first-order valence-electron chi connectivity index (χ1n) is 4.41. The molecule has 0 aromatic heterocycles. The number of rotatable bonds is 1. The van der Waals surface area contributed by atoms with Gasteiger partial charge in [0.25, 0.3) is 0 Å². The third-order valence-corrected chi connectivity index (χ3v) is 2.87. The van der Waals surface area contributed by atoms with E-state index in [2.05, 4.69) is 0 Å². The van der Waals surface area contributed by atoms with Crippen molar-refractivity contribution < 1.29 is 19.0 Å². The van der Waals surface area contributed by atoms with Crippen LogP contribution in [0.25, 0.3) is 0 Å². The van der Waals surface area contributed by atoms with E-state index in [0.29, 0.717) is 13.0 Å². The zero-order chi connectivity index (χ0) is 9.69. The Kier molecular flexibility index (Phi) is 1.69. The molecular weight excluding hydrogens is 172 g/mol. The Morgan fingerprint density at radius 2 is 2.23 bits per heavy atom. The van der Waals surface area contributed by atoms with Crippen molar-refractivity contribution in [1.29, 1.82) is 0 Å². The van der Waals surface area contributed by atoms with Crippen molar-refractivity contribution in [2.75, 3.05) is 13.7 Å². The molecular formula is C9H14O4. The molecule has 0 aliphatic carbocycles. The van der Waals surface area contributed by atoms with Gasteiger partial charge in [0.05, 0.1) is 19.3 Å². The van der Waals surface area contributed by atoms with Gasteiger partial charge in [-0.1, -0.05) is 0 Å². The maximum atomic E-state index is 11.4. The molecule has 0 radical (unpaired) electrons. The molecule has 0 aromatic carbocycles. The average Bonchev–Trinajstić information content (AvgIpc) is 2.51. The number of carbonyl (C=O) groups is 1. The third-order valence-electron chi connectivity index (χ3n) is 2.87. The first-order valence-corrected chi connectivity index (χ1v) is 4.41. The molecule has 3 atom stereocenters. The van der Waals surface area contributed by atoms with Crippen LogP contribution in [0.2, 0.25) is 0 Å². The van der Waals surface area contributed by atoms with Crippen LogP contribution in [0.5, 0.6) is 0 Å². The summed E-state index contributed by atoms with van der Waals surface area (Å²) in [7, 11) is 1.39. The van der Waals surface area contributed by atoms with Crippen molar-refractivity contribution in [2.45, 2.75) is 31.7 Å². The van der Waals surface area contributed by atoms with Crippen molar-refractivity contribution in [2.24, 2.45) is 5.92 Å². The van der Waals surface area contributed by atoms with Crippen LogP contribution in [0.1, 0.15) is 20.3 Å². The van der Waals surface area contributed by atoms with E-state index in [-0.39, 0.29) is 17.5 Å². The minimum Gasteiger partial charge on any atom is -0.469 e. The number of carbonyl (C=O) groups excluding carboxylic acids is 1. The van der Waals surface area contributed by atoms with E-state index in [1.807, 2.05) is 6.92 Å². The monoisotopic (exact) mass is 186 g/mol. The lowest BCUT2D eigenvalue weighted by Crippen LogP contribution is -2.40. The second-order valence-corrected chi connectivity index (χ2v) is 4.14. The number of hydrogen-bond acceptors (Lipinski definition) is 4. The van der Waals surface area contributed by atoms with E-state index in [4.69, 9.17) is 14.2 Å². The lowest BCUT2D eigenvalue weighted by atomic mass is 9.89. The second-order valence-electron chi connectivity index (χ2n) is 4.14. The van der Waals surface area contributed by atoms with Crippen LogP contribution in [-0.4, -0.2) is 31.1 Å². The Morgan fingerprint density at radius 1 is 1.54 bits per heavy atom. The van der Waals surface area contributed by atoms with E-state index in [1.165, 1.54) is 7.11 Å². The Balaban J connectivity index is 2.21. The van der Waals surface area contributed by atoms with Gasteiger partial charge in [0.2, 0.25) is 0 Å².